The third-order valence-electron chi connectivity index (χ3n) is 7.82. The van der Waals surface area contributed by atoms with Gasteiger partial charge >= 0.3 is 5.97 Å². The number of methoxy groups -OCH3 is 1. The van der Waals surface area contributed by atoms with Gasteiger partial charge in [-0.05, 0) is 74.8 Å². The highest BCUT2D eigenvalue weighted by molar-refractivity contribution is 5.83. The van der Waals surface area contributed by atoms with Gasteiger partial charge in [-0.2, -0.15) is 0 Å². The molecule has 1 atom stereocenters. The molecular weight excluding hydrogens is 520 g/mol. The van der Waals surface area contributed by atoms with Gasteiger partial charge in [-0.3, -0.25) is 9.69 Å². The molecule has 2 aromatic rings. The summed E-state index contributed by atoms with van der Waals surface area (Å²) in [5.74, 6) is 1.58. The molecule has 0 saturated carbocycles. The highest BCUT2D eigenvalue weighted by Crippen LogP contribution is 2.21. The second kappa shape index (κ2) is 17.5. The summed E-state index contributed by atoms with van der Waals surface area (Å²) in [6, 6.07) is 10.9. The Kier molecular flexibility index (Phi) is 13.7. The highest BCUT2D eigenvalue weighted by atomic mass is 16.5. The predicted octanol–water partition coefficient (Wildman–Crippen LogP) is 4.94. The van der Waals surface area contributed by atoms with Crippen molar-refractivity contribution in [3.05, 3.63) is 47.7 Å². The lowest BCUT2D eigenvalue weighted by atomic mass is 9.99. The zero-order valence-corrected chi connectivity index (χ0v) is 25.0. The number of aryl methyl sites for hydroxylation is 2. The van der Waals surface area contributed by atoms with E-state index in [0.29, 0.717) is 32.5 Å². The van der Waals surface area contributed by atoms with Crippen LogP contribution in [-0.4, -0.2) is 72.8 Å². The molecule has 0 spiro atoms. The third kappa shape index (κ3) is 11.2. The van der Waals surface area contributed by atoms with Crippen molar-refractivity contribution in [1.29, 1.82) is 0 Å². The number of aliphatic carboxylic acids is 1. The molecule has 3 N–H and O–H groups in total. The fraction of sp³-hybridized carbons (Fsp3) is 0.594. The Balaban J connectivity index is 1.53. The number of amides is 1. The van der Waals surface area contributed by atoms with E-state index in [9.17, 15) is 14.7 Å². The number of ether oxygens (including phenoxy) is 2. The van der Waals surface area contributed by atoms with E-state index in [1.165, 1.54) is 5.56 Å². The summed E-state index contributed by atoms with van der Waals surface area (Å²) in [6.07, 6.45) is 7.56. The standard InChI is InChI=1S/C32H48N4O5/c1-4-24(5-2)22-30(37)35-29(32(38)39)16-19-36(20-21-41-28-13-8-12-27(23-28)40-3)18-7-6-11-26-15-14-25-10-9-17-33-31(25)34-26/h8,12-15,23-24,29H,4-7,9-11,16-22H2,1-3H3,(H,33,34)(H,35,37)(H,38,39). The van der Waals surface area contributed by atoms with Crippen molar-refractivity contribution in [3.8, 4) is 11.5 Å². The third-order valence-corrected chi connectivity index (χ3v) is 7.82. The lowest BCUT2D eigenvalue weighted by Crippen LogP contribution is -2.44. The fourth-order valence-corrected chi connectivity index (χ4v) is 5.13. The predicted molar refractivity (Wildman–Crippen MR) is 162 cm³/mol. The second-order valence-corrected chi connectivity index (χ2v) is 10.8. The molecule has 1 aliphatic heterocycles. The quantitative estimate of drug-likeness (QED) is 0.204. The first-order valence-electron chi connectivity index (χ1n) is 15.2. The molecule has 0 bridgehead atoms. The Morgan fingerprint density at radius 3 is 2.66 bits per heavy atom. The van der Waals surface area contributed by atoms with E-state index in [-0.39, 0.29) is 11.8 Å². The number of anilines is 1. The first-order valence-corrected chi connectivity index (χ1v) is 15.2. The van der Waals surface area contributed by atoms with Crippen LogP contribution in [-0.2, 0) is 22.4 Å². The largest absolute Gasteiger partial charge is 0.497 e. The van der Waals surface area contributed by atoms with Crippen molar-refractivity contribution in [2.45, 2.75) is 77.7 Å². The monoisotopic (exact) mass is 568 g/mol. The highest BCUT2D eigenvalue weighted by Gasteiger charge is 2.22. The van der Waals surface area contributed by atoms with E-state index >= 15 is 0 Å². The van der Waals surface area contributed by atoms with Crippen molar-refractivity contribution >= 4 is 17.7 Å². The van der Waals surface area contributed by atoms with Crippen LogP contribution >= 0.6 is 0 Å². The Morgan fingerprint density at radius 2 is 1.90 bits per heavy atom. The number of aromatic nitrogens is 1. The number of carbonyl (C=O) groups excluding carboxylic acids is 1. The maximum Gasteiger partial charge on any atom is 0.326 e. The summed E-state index contributed by atoms with van der Waals surface area (Å²) >= 11 is 0. The Morgan fingerprint density at radius 1 is 1.10 bits per heavy atom. The minimum atomic E-state index is -0.998. The van der Waals surface area contributed by atoms with Crippen LogP contribution in [0.15, 0.2) is 36.4 Å². The van der Waals surface area contributed by atoms with Crippen LogP contribution in [0.3, 0.4) is 0 Å². The minimum Gasteiger partial charge on any atom is -0.497 e. The van der Waals surface area contributed by atoms with E-state index in [1.807, 2.05) is 24.3 Å². The average molecular weight is 569 g/mol. The fourth-order valence-electron chi connectivity index (χ4n) is 5.13. The Bertz CT molecular complexity index is 1090. The molecule has 0 aliphatic carbocycles. The SMILES string of the molecule is CCC(CC)CC(=O)NC(CCN(CCCCc1ccc2c(n1)NCCC2)CCOc1cccc(OC)c1)C(=O)O. The molecule has 226 valence electrons. The molecule has 41 heavy (non-hydrogen) atoms. The number of carboxylic acids is 1. The molecule has 0 fully saturated rings. The average Bonchev–Trinajstić information content (AvgIpc) is 2.99. The first kappa shape index (κ1) is 32.2. The molecule has 1 aromatic heterocycles. The number of hydrogen-bond donors (Lipinski definition) is 3. The summed E-state index contributed by atoms with van der Waals surface area (Å²) in [6.45, 7) is 7.55. The van der Waals surface area contributed by atoms with Crippen molar-refractivity contribution in [3.63, 3.8) is 0 Å². The van der Waals surface area contributed by atoms with Gasteiger partial charge in [0.15, 0.2) is 0 Å². The molecule has 0 saturated heterocycles. The molecule has 1 amide bonds. The van der Waals surface area contributed by atoms with Gasteiger partial charge in [0.1, 0.15) is 30.0 Å². The topological polar surface area (TPSA) is 113 Å². The number of fused-ring (bicyclic) bond motifs is 1. The summed E-state index contributed by atoms with van der Waals surface area (Å²) in [5, 5.41) is 16.0. The van der Waals surface area contributed by atoms with Crippen LogP contribution < -0.4 is 20.1 Å². The lowest BCUT2D eigenvalue weighted by Gasteiger charge is -2.25. The molecule has 1 aliphatic rings. The normalized spacial score (nSPS) is 13.4. The van der Waals surface area contributed by atoms with Gasteiger partial charge in [-0.1, -0.05) is 38.8 Å². The molecule has 0 radical (unpaired) electrons. The van der Waals surface area contributed by atoms with Gasteiger partial charge in [-0.15, -0.1) is 0 Å². The second-order valence-electron chi connectivity index (χ2n) is 10.8. The molecule has 2 heterocycles. The lowest BCUT2D eigenvalue weighted by molar-refractivity contribution is -0.142. The van der Waals surface area contributed by atoms with Crippen LogP contribution in [0.2, 0.25) is 0 Å². The van der Waals surface area contributed by atoms with Crippen LogP contribution in [0.5, 0.6) is 11.5 Å². The zero-order valence-electron chi connectivity index (χ0n) is 25.0. The van der Waals surface area contributed by atoms with Crippen LogP contribution in [0, 0.1) is 5.92 Å². The molecule has 1 unspecified atom stereocenters. The van der Waals surface area contributed by atoms with Gasteiger partial charge in [0.2, 0.25) is 5.91 Å². The molecule has 3 rings (SSSR count). The smallest absolute Gasteiger partial charge is 0.326 e. The van der Waals surface area contributed by atoms with Crippen molar-refractivity contribution in [1.82, 2.24) is 15.2 Å². The maximum atomic E-state index is 12.5. The van der Waals surface area contributed by atoms with Crippen molar-refractivity contribution in [2.24, 2.45) is 5.92 Å². The number of hydrogen-bond acceptors (Lipinski definition) is 7. The summed E-state index contributed by atoms with van der Waals surface area (Å²) in [5.41, 5.74) is 2.39. The number of pyridine rings is 1. The Labute approximate surface area is 245 Å². The summed E-state index contributed by atoms with van der Waals surface area (Å²) < 4.78 is 11.3. The van der Waals surface area contributed by atoms with Gasteiger partial charge < -0.3 is 25.2 Å². The van der Waals surface area contributed by atoms with E-state index in [1.54, 1.807) is 7.11 Å². The number of nitrogens with zero attached hydrogens (tertiary/aromatic N) is 2. The van der Waals surface area contributed by atoms with Gasteiger partial charge in [0, 0.05) is 37.8 Å². The number of carboxylic acid groups (broad SMARTS) is 1. The number of carbonyl (C=O) groups is 2. The number of unbranched alkanes of at least 4 members (excludes halogenated alkanes) is 1. The van der Waals surface area contributed by atoms with E-state index in [0.717, 1.165) is 81.0 Å². The molecule has 1 aromatic carbocycles. The minimum absolute atomic E-state index is 0.189. The molecule has 9 nitrogen and oxygen atoms in total. The zero-order chi connectivity index (χ0) is 29.5. The van der Waals surface area contributed by atoms with Gasteiger partial charge in [-0.25, -0.2) is 9.78 Å². The van der Waals surface area contributed by atoms with Gasteiger partial charge in [0.05, 0.1) is 7.11 Å². The molecular formula is C32H48N4O5. The van der Waals surface area contributed by atoms with Gasteiger partial charge in [0.25, 0.3) is 0 Å². The van der Waals surface area contributed by atoms with E-state index in [4.69, 9.17) is 14.5 Å². The number of nitrogens with one attached hydrogen (secondary N) is 2. The molecule has 9 heteroatoms. The van der Waals surface area contributed by atoms with E-state index < -0.39 is 12.0 Å². The number of benzene rings is 1. The van der Waals surface area contributed by atoms with Crippen molar-refractivity contribution < 1.29 is 24.2 Å². The van der Waals surface area contributed by atoms with Crippen LogP contribution in [0.4, 0.5) is 5.82 Å². The van der Waals surface area contributed by atoms with Crippen LogP contribution in [0.25, 0.3) is 0 Å². The summed E-state index contributed by atoms with van der Waals surface area (Å²) in [4.78, 5) is 31.5. The summed E-state index contributed by atoms with van der Waals surface area (Å²) in [7, 11) is 1.62. The Hall–Kier alpha value is -3.33. The first-order chi connectivity index (χ1) is 19.9. The maximum absolute atomic E-state index is 12.5. The number of rotatable bonds is 19. The van der Waals surface area contributed by atoms with Crippen LogP contribution in [0.1, 0.15) is 70.1 Å². The van der Waals surface area contributed by atoms with E-state index in [2.05, 4.69) is 41.5 Å². The van der Waals surface area contributed by atoms with Crippen molar-refractivity contribution in [2.75, 3.05) is 45.2 Å².